The van der Waals surface area contributed by atoms with E-state index < -0.39 is 0 Å². The van der Waals surface area contributed by atoms with Crippen molar-refractivity contribution in [3.05, 3.63) is 72.3 Å². The van der Waals surface area contributed by atoms with Crippen LogP contribution in [0.15, 0.2) is 71.3 Å². The van der Waals surface area contributed by atoms with Crippen molar-refractivity contribution >= 4 is 5.88 Å². The van der Waals surface area contributed by atoms with Gasteiger partial charge < -0.3 is 14.3 Å². The molecule has 2 heterocycles. The summed E-state index contributed by atoms with van der Waals surface area (Å²) in [7, 11) is 0. The van der Waals surface area contributed by atoms with Crippen LogP contribution in [0.5, 0.6) is 0 Å². The van der Waals surface area contributed by atoms with E-state index in [4.69, 9.17) is 4.52 Å². The van der Waals surface area contributed by atoms with Gasteiger partial charge in [0.25, 0.3) is 0 Å². The zero-order valence-electron chi connectivity index (χ0n) is 16.6. The summed E-state index contributed by atoms with van der Waals surface area (Å²) in [4.78, 5) is 4.93. The van der Waals surface area contributed by atoms with Crippen LogP contribution in [0.4, 0.5) is 5.88 Å². The third-order valence-corrected chi connectivity index (χ3v) is 5.68. The van der Waals surface area contributed by atoms with E-state index in [1.54, 1.807) is 0 Å². The number of benzene rings is 2. The average molecular weight is 376 g/mol. The molecular weight excluding hydrogens is 346 g/mol. The Balaban J connectivity index is 1.50. The lowest BCUT2D eigenvalue weighted by molar-refractivity contribution is 0.247. The van der Waals surface area contributed by atoms with Gasteiger partial charge in [-0.2, -0.15) is 0 Å². The first-order valence-corrected chi connectivity index (χ1v) is 10.3. The Kier molecular flexibility index (Phi) is 6.07. The number of hydrogen-bond acceptors (Lipinski definition) is 4. The molecule has 1 fully saturated rings. The Morgan fingerprint density at radius 1 is 1.00 bits per heavy atom. The molecule has 0 aliphatic carbocycles. The normalized spacial score (nSPS) is 15.6. The third-order valence-electron chi connectivity index (χ3n) is 5.68. The minimum atomic E-state index is 0.595. The van der Waals surface area contributed by atoms with Crippen LogP contribution in [0.1, 0.15) is 31.7 Å². The molecule has 1 aliphatic heterocycles. The summed E-state index contributed by atoms with van der Waals surface area (Å²) in [5.41, 5.74) is 3.26. The van der Waals surface area contributed by atoms with Gasteiger partial charge in [-0.05, 0) is 44.8 Å². The van der Waals surface area contributed by atoms with Crippen molar-refractivity contribution < 1.29 is 4.52 Å². The zero-order valence-corrected chi connectivity index (χ0v) is 16.6. The molecule has 3 aromatic rings. The van der Waals surface area contributed by atoms with E-state index >= 15 is 0 Å². The van der Waals surface area contributed by atoms with Crippen LogP contribution in [0.2, 0.25) is 0 Å². The van der Waals surface area contributed by atoms with Crippen molar-refractivity contribution in [2.45, 2.75) is 38.8 Å². The zero-order chi connectivity index (χ0) is 19.2. The SMILES string of the molecule is CC(CCN(Cc1ccccc1)c1cc(-c2ccccc2)no1)N1CCCC1. The molecule has 0 N–H and O–H groups in total. The van der Waals surface area contributed by atoms with Crippen molar-refractivity contribution in [2.75, 3.05) is 24.5 Å². The first-order valence-electron chi connectivity index (χ1n) is 10.3. The summed E-state index contributed by atoms with van der Waals surface area (Å²) < 4.78 is 5.77. The van der Waals surface area contributed by atoms with Crippen LogP contribution in [0, 0.1) is 0 Å². The highest BCUT2D eigenvalue weighted by atomic mass is 16.5. The molecule has 1 atom stereocenters. The van der Waals surface area contributed by atoms with Gasteiger partial charge in [0.15, 0.2) is 0 Å². The lowest BCUT2D eigenvalue weighted by atomic mass is 10.1. The smallest absolute Gasteiger partial charge is 0.228 e. The van der Waals surface area contributed by atoms with E-state index in [1.807, 2.05) is 18.2 Å². The van der Waals surface area contributed by atoms with Crippen LogP contribution in [-0.2, 0) is 6.54 Å². The maximum atomic E-state index is 5.77. The van der Waals surface area contributed by atoms with Gasteiger partial charge in [0, 0.05) is 30.8 Å². The summed E-state index contributed by atoms with van der Waals surface area (Å²) >= 11 is 0. The highest BCUT2D eigenvalue weighted by Crippen LogP contribution is 2.26. The summed E-state index contributed by atoms with van der Waals surface area (Å²) in [6, 6.07) is 23.5. The Labute approximate surface area is 167 Å². The topological polar surface area (TPSA) is 32.5 Å². The highest BCUT2D eigenvalue weighted by Gasteiger charge is 2.20. The second-order valence-electron chi connectivity index (χ2n) is 7.70. The van der Waals surface area contributed by atoms with E-state index in [9.17, 15) is 0 Å². The van der Waals surface area contributed by atoms with Gasteiger partial charge in [-0.25, -0.2) is 0 Å². The molecule has 1 aliphatic rings. The number of nitrogens with zero attached hydrogens (tertiary/aromatic N) is 3. The average Bonchev–Trinajstić information content (AvgIpc) is 3.45. The Hall–Kier alpha value is -2.59. The molecule has 2 aromatic carbocycles. The van der Waals surface area contributed by atoms with Crippen molar-refractivity contribution in [3.8, 4) is 11.3 Å². The number of hydrogen-bond donors (Lipinski definition) is 0. The Morgan fingerprint density at radius 3 is 2.39 bits per heavy atom. The second-order valence-corrected chi connectivity index (χ2v) is 7.70. The molecule has 4 rings (SSSR count). The van der Waals surface area contributed by atoms with E-state index in [1.165, 1.54) is 31.5 Å². The largest absolute Gasteiger partial charge is 0.338 e. The molecule has 0 radical (unpaired) electrons. The van der Waals surface area contributed by atoms with Crippen LogP contribution < -0.4 is 4.90 Å². The van der Waals surface area contributed by atoms with Crippen LogP contribution in [0.3, 0.4) is 0 Å². The highest BCUT2D eigenvalue weighted by molar-refractivity contribution is 5.61. The molecule has 0 saturated carbocycles. The maximum absolute atomic E-state index is 5.77. The molecule has 146 valence electrons. The third kappa shape index (κ3) is 4.63. The molecule has 0 spiro atoms. The molecule has 1 aromatic heterocycles. The Morgan fingerprint density at radius 2 is 1.68 bits per heavy atom. The quantitative estimate of drug-likeness (QED) is 0.540. The van der Waals surface area contributed by atoms with Crippen LogP contribution in [-0.4, -0.2) is 35.7 Å². The monoisotopic (exact) mass is 375 g/mol. The van der Waals surface area contributed by atoms with Gasteiger partial charge >= 0.3 is 0 Å². The first kappa shape index (κ1) is 18.8. The fourth-order valence-corrected chi connectivity index (χ4v) is 3.94. The van der Waals surface area contributed by atoms with Crippen molar-refractivity contribution in [2.24, 2.45) is 0 Å². The minimum absolute atomic E-state index is 0.595. The summed E-state index contributed by atoms with van der Waals surface area (Å²) in [5.74, 6) is 0.844. The van der Waals surface area contributed by atoms with Gasteiger partial charge in [-0.3, -0.25) is 0 Å². The van der Waals surface area contributed by atoms with Crippen molar-refractivity contribution in [1.29, 1.82) is 0 Å². The second kappa shape index (κ2) is 9.07. The van der Waals surface area contributed by atoms with E-state index in [0.29, 0.717) is 6.04 Å². The van der Waals surface area contributed by atoms with Crippen LogP contribution >= 0.6 is 0 Å². The molecular formula is C24H29N3O. The molecule has 28 heavy (non-hydrogen) atoms. The predicted molar refractivity (Wildman–Crippen MR) is 114 cm³/mol. The lowest BCUT2D eigenvalue weighted by Gasteiger charge is -2.27. The Bertz CT molecular complexity index is 841. The number of aromatic nitrogens is 1. The van der Waals surface area contributed by atoms with Gasteiger partial charge in [0.1, 0.15) is 5.69 Å². The standard InChI is InChI=1S/C24H29N3O/c1-20(26-15-8-9-16-26)14-17-27(19-21-10-4-2-5-11-21)24-18-23(25-28-24)22-12-6-3-7-13-22/h2-7,10-13,18,20H,8-9,14-17,19H2,1H3. The molecule has 0 amide bonds. The summed E-state index contributed by atoms with van der Waals surface area (Å²) in [6.45, 7) is 6.61. The predicted octanol–water partition coefficient (Wildman–Crippen LogP) is 5.22. The fourth-order valence-electron chi connectivity index (χ4n) is 3.94. The lowest BCUT2D eigenvalue weighted by Crippen LogP contribution is -2.34. The molecule has 1 saturated heterocycles. The van der Waals surface area contributed by atoms with Crippen LogP contribution in [0.25, 0.3) is 11.3 Å². The fraction of sp³-hybridized carbons (Fsp3) is 0.375. The summed E-state index contributed by atoms with van der Waals surface area (Å²) in [6.07, 6.45) is 3.79. The van der Waals surface area contributed by atoms with E-state index in [0.717, 1.165) is 36.7 Å². The van der Waals surface area contributed by atoms with Gasteiger partial charge in [-0.15, -0.1) is 0 Å². The molecule has 4 heteroatoms. The van der Waals surface area contributed by atoms with Crippen molar-refractivity contribution in [1.82, 2.24) is 10.1 Å². The van der Waals surface area contributed by atoms with Gasteiger partial charge in [0.2, 0.25) is 5.88 Å². The van der Waals surface area contributed by atoms with E-state index in [-0.39, 0.29) is 0 Å². The molecule has 0 bridgehead atoms. The van der Waals surface area contributed by atoms with Gasteiger partial charge in [0.05, 0.1) is 0 Å². The number of likely N-dealkylation sites (tertiary alicyclic amines) is 1. The number of anilines is 1. The van der Waals surface area contributed by atoms with Gasteiger partial charge in [-0.1, -0.05) is 65.8 Å². The molecule has 4 nitrogen and oxygen atoms in total. The minimum Gasteiger partial charge on any atom is -0.338 e. The molecule has 1 unspecified atom stereocenters. The number of rotatable bonds is 8. The summed E-state index contributed by atoms with van der Waals surface area (Å²) in [5, 5.41) is 4.33. The first-order chi connectivity index (χ1) is 13.8. The maximum Gasteiger partial charge on any atom is 0.228 e. The van der Waals surface area contributed by atoms with Crippen molar-refractivity contribution in [3.63, 3.8) is 0 Å². The van der Waals surface area contributed by atoms with E-state index in [2.05, 4.69) is 70.4 Å².